The number of aryl methyl sites for hydroxylation is 1. The van der Waals surface area contributed by atoms with Crippen LogP contribution in [0.3, 0.4) is 0 Å². The Kier molecular flexibility index (Phi) is 5.29. The molecule has 1 aromatic heterocycles. The van der Waals surface area contributed by atoms with Crippen LogP contribution >= 0.6 is 11.3 Å². The van der Waals surface area contributed by atoms with Crippen molar-refractivity contribution in [3.63, 3.8) is 0 Å². The molecule has 0 aliphatic rings. The maximum absolute atomic E-state index is 11.5. The van der Waals surface area contributed by atoms with Gasteiger partial charge in [-0.2, -0.15) is 0 Å². The van der Waals surface area contributed by atoms with Crippen LogP contribution in [0, 0.1) is 0 Å². The molecule has 0 aliphatic heterocycles. The van der Waals surface area contributed by atoms with Crippen LogP contribution in [0.5, 0.6) is 5.75 Å². The lowest BCUT2D eigenvalue weighted by Gasteiger charge is -2.15. The smallest absolute Gasteiger partial charge is 0.344 e. The molecule has 0 spiro atoms. The van der Waals surface area contributed by atoms with Crippen molar-refractivity contribution in [3.8, 4) is 16.2 Å². The molecular formula is C20H18O3S. The largest absolute Gasteiger partial charge is 0.479 e. The van der Waals surface area contributed by atoms with Crippen molar-refractivity contribution in [3.05, 3.63) is 77.7 Å². The molecular weight excluding hydrogens is 320 g/mol. The molecule has 0 radical (unpaired) electrons. The molecule has 0 saturated heterocycles. The van der Waals surface area contributed by atoms with Crippen LogP contribution in [0.1, 0.15) is 12.0 Å². The van der Waals surface area contributed by atoms with E-state index in [4.69, 9.17) is 4.74 Å². The molecule has 4 heteroatoms. The maximum atomic E-state index is 11.5. The quantitative estimate of drug-likeness (QED) is 0.668. The van der Waals surface area contributed by atoms with Crippen LogP contribution in [-0.4, -0.2) is 17.2 Å². The van der Waals surface area contributed by atoms with Crippen LogP contribution in [0.15, 0.2) is 72.1 Å². The number of thiophene rings is 1. The summed E-state index contributed by atoms with van der Waals surface area (Å²) in [5.41, 5.74) is 2.22. The van der Waals surface area contributed by atoms with Gasteiger partial charge >= 0.3 is 5.97 Å². The van der Waals surface area contributed by atoms with E-state index in [1.165, 1.54) is 4.88 Å². The van der Waals surface area contributed by atoms with Gasteiger partial charge in [-0.05, 0) is 59.7 Å². The van der Waals surface area contributed by atoms with Gasteiger partial charge < -0.3 is 9.84 Å². The summed E-state index contributed by atoms with van der Waals surface area (Å²) in [5.74, 6) is -0.357. The average molecular weight is 338 g/mol. The van der Waals surface area contributed by atoms with Crippen LogP contribution in [0.2, 0.25) is 0 Å². The van der Waals surface area contributed by atoms with E-state index in [1.807, 2.05) is 66.0 Å². The number of carbonyl (C=O) groups is 1. The van der Waals surface area contributed by atoms with Gasteiger partial charge in [-0.15, -0.1) is 11.3 Å². The standard InChI is InChI=1S/C20H18O3S/c21-20(22)18(13-8-15-5-2-1-3-6-15)23-17-11-9-16(10-12-17)19-7-4-14-24-19/h1-7,9-12,14,18H,8,13H2,(H,21,22). The Morgan fingerprint density at radius 1 is 1.00 bits per heavy atom. The van der Waals surface area contributed by atoms with E-state index in [0.717, 1.165) is 11.1 Å². The van der Waals surface area contributed by atoms with Crippen LogP contribution in [0.4, 0.5) is 0 Å². The summed E-state index contributed by atoms with van der Waals surface area (Å²) in [6, 6.07) is 21.5. The lowest BCUT2D eigenvalue weighted by molar-refractivity contribution is -0.145. The number of hydrogen-bond donors (Lipinski definition) is 1. The molecule has 1 unspecified atom stereocenters. The van der Waals surface area contributed by atoms with E-state index >= 15 is 0 Å². The summed E-state index contributed by atoms with van der Waals surface area (Å²) in [5, 5.41) is 11.4. The van der Waals surface area contributed by atoms with Gasteiger partial charge in [0.05, 0.1) is 0 Å². The highest BCUT2D eigenvalue weighted by molar-refractivity contribution is 7.13. The molecule has 3 nitrogen and oxygen atoms in total. The van der Waals surface area contributed by atoms with E-state index in [1.54, 1.807) is 11.3 Å². The first-order valence-electron chi connectivity index (χ1n) is 7.80. The first-order valence-corrected chi connectivity index (χ1v) is 8.67. The molecule has 3 aromatic rings. The molecule has 0 saturated carbocycles. The van der Waals surface area contributed by atoms with Gasteiger partial charge in [0.1, 0.15) is 5.75 Å². The molecule has 0 amide bonds. The number of carboxylic acid groups (broad SMARTS) is 1. The number of hydrogen-bond acceptors (Lipinski definition) is 3. The van der Waals surface area contributed by atoms with E-state index in [9.17, 15) is 9.90 Å². The minimum absolute atomic E-state index is 0.437. The van der Waals surface area contributed by atoms with Gasteiger partial charge in [0.25, 0.3) is 0 Å². The van der Waals surface area contributed by atoms with Crippen LogP contribution in [0.25, 0.3) is 10.4 Å². The second-order valence-electron chi connectivity index (χ2n) is 5.47. The first kappa shape index (κ1) is 16.3. The van der Waals surface area contributed by atoms with Gasteiger partial charge in [-0.25, -0.2) is 4.79 Å². The predicted molar refractivity (Wildman–Crippen MR) is 96.6 cm³/mol. The van der Waals surface area contributed by atoms with Gasteiger partial charge in [0.2, 0.25) is 0 Å². The third kappa shape index (κ3) is 4.24. The summed E-state index contributed by atoms with van der Waals surface area (Å²) in [6.45, 7) is 0. The van der Waals surface area contributed by atoms with E-state index < -0.39 is 12.1 Å². The molecule has 1 heterocycles. The lowest BCUT2D eigenvalue weighted by Crippen LogP contribution is -2.27. The van der Waals surface area contributed by atoms with Crippen LogP contribution in [-0.2, 0) is 11.2 Å². The number of carboxylic acids is 1. The molecule has 3 rings (SSSR count). The third-order valence-electron chi connectivity index (χ3n) is 3.75. The number of ether oxygens (including phenoxy) is 1. The van der Waals surface area contributed by atoms with Crippen molar-refractivity contribution in [2.75, 3.05) is 0 Å². The monoisotopic (exact) mass is 338 g/mol. The molecule has 1 atom stereocenters. The Balaban J connectivity index is 1.64. The van der Waals surface area contributed by atoms with Crippen molar-refractivity contribution in [2.24, 2.45) is 0 Å². The molecule has 1 N–H and O–H groups in total. The second-order valence-corrected chi connectivity index (χ2v) is 6.42. The van der Waals surface area contributed by atoms with Crippen molar-refractivity contribution in [1.82, 2.24) is 0 Å². The number of rotatable bonds is 7. The summed E-state index contributed by atoms with van der Waals surface area (Å²) in [4.78, 5) is 12.6. The lowest BCUT2D eigenvalue weighted by atomic mass is 10.1. The third-order valence-corrected chi connectivity index (χ3v) is 4.67. The zero-order valence-electron chi connectivity index (χ0n) is 13.1. The Morgan fingerprint density at radius 2 is 1.75 bits per heavy atom. The minimum Gasteiger partial charge on any atom is -0.479 e. The van der Waals surface area contributed by atoms with Gasteiger partial charge in [-0.1, -0.05) is 36.4 Å². The molecule has 0 fully saturated rings. The molecule has 0 bridgehead atoms. The Bertz CT molecular complexity index is 764. The fourth-order valence-electron chi connectivity index (χ4n) is 2.48. The van der Waals surface area contributed by atoms with Crippen molar-refractivity contribution in [1.29, 1.82) is 0 Å². The van der Waals surface area contributed by atoms with Crippen LogP contribution < -0.4 is 4.74 Å². The van der Waals surface area contributed by atoms with Crippen molar-refractivity contribution >= 4 is 17.3 Å². The molecule has 0 aliphatic carbocycles. The normalized spacial score (nSPS) is 11.8. The predicted octanol–water partition coefficient (Wildman–Crippen LogP) is 4.88. The highest BCUT2D eigenvalue weighted by Crippen LogP contribution is 2.27. The van der Waals surface area contributed by atoms with Gasteiger partial charge in [0, 0.05) is 4.88 Å². The molecule has 122 valence electrons. The fourth-order valence-corrected chi connectivity index (χ4v) is 3.21. The molecule has 2 aromatic carbocycles. The summed E-state index contributed by atoms with van der Waals surface area (Å²) < 4.78 is 5.67. The SMILES string of the molecule is O=C(O)C(CCc1ccccc1)Oc1ccc(-c2cccs2)cc1. The van der Waals surface area contributed by atoms with Gasteiger partial charge in [-0.3, -0.25) is 0 Å². The summed E-state index contributed by atoms with van der Waals surface area (Å²) in [7, 11) is 0. The van der Waals surface area contributed by atoms with Crippen molar-refractivity contribution in [2.45, 2.75) is 18.9 Å². The zero-order chi connectivity index (χ0) is 16.8. The topological polar surface area (TPSA) is 46.5 Å². The Morgan fingerprint density at radius 3 is 2.38 bits per heavy atom. The fraction of sp³-hybridized carbons (Fsp3) is 0.150. The van der Waals surface area contributed by atoms with E-state index in [2.05, 4.69) is 6.07 Å². The first-order chi connectivity index (χ1) is 11.7. The van der Waals surface area contributed by atoms with Gasteiger partial charge in [0.15, 0.2) is 6.10 Å². The second kappa shape index (κ2) is 7.79. The zero-order valence-corrected chi connectivity index (χ0v) is 13.9. The summed E-state index contributed by atoms with van der Waals surface area (Å²) >= 11 is 1.67. The maximum Gasteiger partial charge on any atom is 0.344 e. The highest BCUT2D eigenvalue weighted by Gasteiger charge is 2.19. The minimum atomic E-state index is -0.937. The highest BCUT2D eigenvalue weighted by atomic mass is 32.1. The van der Waals surface area contributed by atoms with E-state index in [-0.39, 0.29) is 0 Å². The number of benzene rings is 2. The Labute approximate surface area is 145 Å². The van der Waals surface area contributed by atoms with E-state index in [0.29, 0.717) is 18.6 Å². The Hall–Kier alpha value is -2.59. The summed E-state index contributed by atoms with van der Waals surface area (Å²) in [6.07, 6.45) is 0.259. The molecule has 24 heavy (non-hydrogen) atoms. The number of aliphatic carboxylic acids is 1. The van der Waals surface area contributed by atoms with Crippen molar-refractivity contribution < 1.29 is 14.6 Å². The average Bonchev–Trinajstić information content (AvgIpc) is 3.14.